The lowest BCUT2D eigenvalue weighted by atomic mass is 9.89. The number of hydrogen-bond donors (Lipinski definition) is 2. The van der Waals surface area contributed by atoms with E-state index < -0.39 is 0 Å². The van der Waals surface area contributed by atoms with Crippen LogP contribution in [0.25, 0.3) is 0 Å². The highest BCUT2D eigenvalue weighted by Gasteiger charge is 2.20. The number of fused-ring (bicyclic) bond motifs is 1. The number of nitrogens with one attached hydrogen (secondary N) is 2. The third kappa shape index (κ3) is 5.72. The molecule has 0 bridgehead atoms. The predicted octanol–water partition coefficient (Wildman–Crippen LogP) is 3.34. The van der Waals surface area contributed by atoms with E-state index >= 15 is 0 Å². The Morgan fingerprint density at radius 1 is 1.16 bits per heavy atom. The number of ether oxygens (including phenoxy) is 2. The maximum atomic E-state index is 11.7. The molecule has 5 nitrogen and oxygen atoms in total. The van der Waals surface area contributed by atoms with E-state index in [-0.39, 0.29) is 12.1 Å². The highest BCUT2D eigenvalue weighted by molar-refractivity contribution is 5.73. The third-order valence-electron chi connectivity index (χ3n) is 5.02. The van der Waals surface area contributed by atoms with E-state index in [4.69, 9.17) is 9.47 Å². The predicted molar refractivity (Wildman–Crippen MR) is 97.7 cm³/mol. The largest absolute Gasteiger partial charge is 0.378 e. The molecule has 1 aromatic carbocycles. The lowest BCUT2D eigenvalue weighted by Gasteiger charge is -2.25. The molecule has 0 radical (unpaired) electrons. The fourth-order valence-electron chi connectivity index (χ4n) is 3.66. The molecule has 25 heavy (non-hydrogen) atoms. The van der Waals surface area contributed by atoms with E-state index in [1.54, 1.807) is 0 Å². The summed E-state index contributed by atoms with van der Waals surface area (Å²) in [6.07, 6.45) is 7.96. The molecule has 138 valence electrons. The van der Waals surface area contributed by atoms with Crippen LogP contribution in [0.15, 0.2) is 24.3 Å². The molecule has 1 aliphatic carbocycles. The average Bonchev–Trinajstić information content (AvgIpc) is 3.15. The summed E-state index contributed by atoms with van der Waals surface area (Å²) in [6, 6.07) is 8.47. The van der Waals surface area contributed by atoms with Crippen molar-refractivity contribution in [2.75, 3.05) is 26.3 Å². The SMILES string of the molecule is O=C(NCCCOC1CCCc2ccccc21)NCCC1CCCO1. The maximum absolute atomic E-state index is 11.7. The van der Waals surface area contributed by atoms with Gasteiger partial charge in [-0.05, 0) is 56.1 Å². The molecular weight excluding hydrogens is 316 g/mol. The number of carbonyl (C=O) groups is 1. The molecule has 1 aromatic rings. The van der Waals surface area contributed by atoms with Gasteiger partial charge < -0.3 is 20.1 Å². The van der Waals surface area contributed by atoms with Crippen LogP contribution < -0.4 is 10.6 Å². The number of carbonyl (C=O) groups excluding carboxylic acids is 1. The minimum atomic E-state index is -0.0963. The first-order chi connectivity index (χ1) is 12.3. The van der Waals surface area contributed by atoms with Gasteiger partial charge in [0.15, 0.2) is 0 Å². The normalized spacial score (nSPS) is 22.4. The molecule has 0 spiro atoms. The molecular formula is C20H30N2O3. The van der Waals surface area contributed by atoms with Crippen LogP contribution >= 0.6 is 0 Å². The molecule has 2 N–H and O–H groups in total. The van der Waals surface area contributed by atoms with Gasteiger partial charge in [0.1, 0.15) is 0 Å². The topological polar surface area (TPSA) is 59.6 Å². The summed E-state index contributed by atoms with van der Waals surface area (Å²) >= 11 is 0. The van der Waals surface area contributed by atoms with Gasteiger partial charge in [0.25, 0.3) is 0 Å². The van der Waals surface area contributed by atoms with Crippen LogP contribution in [0, 0.1) is 0 Å². The zero-order valence-electron chi connectivity index (χ0n) is 15.0. The van der Waals surface area contributed by atoms with Crippen molar-refractivity contribution in [2.24, 2.45) is 0 Å². The van der Waals surface area contributed by atoms with Gasteiger partial charge in [0.05, 0.1) is 12.2 Å². The van der Waals surface area contributed by atoms with Crippen LogP contribution in [0.5, 0.6) is 0 Å². The molecule has 3 rings (SSSR count). The van der Waals surface area contributed by atoms with E-state index in [9.17, 15) is 4.79 Å². The second-order valence-electron chi connectivity index (χ2n) is 6.91. The van der Waals surface area contributed by atoms with E-state index in [0.717, 1.165) is 45.1 Å². The molecule has 2 aliphatic rings. The van der Waals surface area contributed by atoms with Gasteiger partial charge in [-0.1, -0.05) is 24.3 Å². The van der Waals surface area contributed by atoms with Gasteiger partial charge in [0.2, 0.25) is 0 Å². The van der Waals surface area contributed by atoms with Crippen molar-refractivity contribution in [2.45, 2.75) is 57.2 Å². The molecule has 1 fully saturated rings. The third-order valence-corrected chi connectivity index (χ3v) is 5.02. The van der Waals surface area contributed by atoms with Crippen molar-refractivity contribution in [3.05, 3.63) is 35.4 Å². The number of benzene rings is 1. The zero-order valence-corrected chi connectivity index (χ0v) is 15.0. The second-order valence-corrected chi connectivity index (χ2v) is 6.91. The Labute approximate surface area is 150 Å². The number of urea groups is 1. The van der Waals surface area contributed by atoms with E-state index in [0.29, 0.717) is 25.8 Å². The quantitative estimate of drug-likeness (QED) is 0.710. The van der Waals surface area contributed by atoms with Crippen LogP contribution in [-0.2, 0) is 15.9 Å². The number of hydrogen-bond acceptors (Lipinski definition) is 3. The summed E-state index contributed by atoms with van der Waals surface area (Å²) in [4.78, 5) is 11.7. The zero-order chi connectivity index (χ0) is 17.3. The van der Waals surface area contributed by atoms with Gasteiger partial charge in [-0.3, -0.25) is 0 Å². The summed E-state index contributed by atoms with van der Waals surface area (Å²) in [5, 5.41) is 5.79. The Balaban J connectivity index is 1.25. The maximum Gasteiger partial charge on any atom is 0.314 e. The van der Waals surface area contributed by atoms with Crippen LogP contribution in [0.3, 0.4) is 0 Å². The summed E-state index contributed by atoms with van der Waals surface area (Å²) in [6.45, 7) is 2.85. The molecule has 1 saturated heterocycles. The number of amides is 2. The van der Waals surface area contributed by atoms with E-state index in [1.807, 2.05) is 0 Å². The lowest BCUT2D eigenvalue weighted by molar-refractivity contribution is 0.0396. The highest BCUT2D eigenvalue weighted by atomic mass is 16.5. The highest BCUT2D eigenvalue weighted by Crippen LogP contribution is 2.32. The average molecular weight is 346 g/mol. The molecule has 2 unspecified atom stereocenters. The summed E-state index contributed by atoms with van der Waals surface area (Å²) in [5.41, 5.74) is 2.76. The fraction of sp³-hybridized carbons (Fsp3) is 0.650. The smallest absolute Gasteiger partial charge is 0.314 e. The van der Waals surface area contributed by atoms with Gasteiger partial charge in [-0.2, -0.15) is 0 Å². The monoisotopic (exact) mass is 346 g/mol. The standard InChI is InChI=1S/C20H30N2O3/c23-20(22-13-11-17-8-4-14-24-17)21-12-5-15-25-19-10-3-7-16-6-1-2-9-18(16)19/h1-2,6,9,17,19H,3-5,7-8,10-15H2,(H2,21,22,23). The Kier molecular flexibility index (Phi) is 7.12. The fourth-order valence-corrected chi connectivity index (χ4v) is 3.66. The molecule has 2 atom stereocenters. The van der Waals surface area contributed by atoms with Crippen LogP contribution in [0.4, 0.5) is 4.79 Å². The summed E-state index contributed by atoms with van der Waals surface area (Å²) in [5.74, 6) is 0. The summed E-state index contributed by atoms with van der Waals surface area (Å²) in [7, 11) is 0. The van der Waals surface area contributed by atoms with Crippen molar-refractivity contribution in [1.29, 1.82) is 0 Å². The Hall–Kier alpha value is -1.59. The van der Waals surface area contributed by atoms with E-state index in [1.165, 1.54) is 17.5 Å². The molecule has 1 aliphatic heterocycles. The Morgan fingerprint density at radius 2 is 2.04 bits per heavy atom. The molecule has 1 heterocycles. The minimum Gasteiger partial charge on any atom is -0.378 e. The van der Waals surface area contributed by atoms with Crippen LogP contribution in [0.2, 0.25) is 0 Å². The molecule has 2 amide bonds. The van der Waals surface area contributed by atoms with Crippen molar-refractivity contribution in [3.8, 4) is 0 Å². The van der Waals surface area contributed by atoms with E-state index in [2.05, 4.69) is 34.9 Å². The first-order valence-electron chi connectivity index (χ1n) is 9.65. The second kappa shape index (κ2) is 9.78. The van der Waals surface area contributed by atoms with Crippen molar-refractivity contribution >= 4 is 6.03 Å². The van der Waals surface area contributed by atoms with Gasteiger partial charge in [0, 0.05) is 26.3 Å². The summed E-state index contributed by atoms with van der Waals surface area (Å²) < 4.78 is 11.6. The Morgan fingerprint density at radius 3 is 2.92 bits per heavy atom. The van der Waals surface area contributed by atoms with Gasteiger partial charge >= 0.3 is 6.03 Å². The first-order valence-corrected chi connectivity index (χ1v) is 9.65. The first kappa shape index (κ1) is 18.2. The van der Waals surface area contributed by atoms with Crippen molar-refractivity contribution < 1.29 is 14.3 Å². The van der Waals surface area contributed by atoms with Crippen molar-refractivity contribution in [1.82, 2.24) is 10.6 Å². The van der Waals surface area contributed by atoms with Gasteiger partial charge in [-0.15, -0.1) is 0 Å². The minimum absolute atomic E-state index is 0.0963. The molecule has 0 aromatic heterocycles. The van der Waals surface area contributed by atoms with Crippen molar-refractivity contribution in [3.63, 3.8) is 0 Å². The Bertz CT molecular complexity index is 543. The number of aryl methyl sites for hydroxylation is 1. The molecule has 0 saturated carbocycles. The number of rotatable bonds is 8. The molecule has 5 heteroatoms. The van der Waals surface area contributed by atoms with Gasteiger partial charge in [-0.25, -0.2) is 4.79 Å². The van der Waals surface area contributed by atoms with Crippen LogP contribution in [-0.4, -0.2) is 38.4 Å². The van der Waals surface area contributed by atoms with Crippen LogP contribution in [0.1, 0.15) is 55.8 Å². The lowest BCUT2D eigenvalue weighted by Crippen LogP contribution is -2.37.